The van der Waals surface area contributed by atoms with Crippen LogP contribution in [-0.2, 0) is 5.41 Å². The third kappa shape index (κ3) is 5.81. The van der Waals surface area contributed by atoms with Gasteiger partial charge in [0.1, 0.15) is 0 Å². The molecule has 0 radical (unpaired) electrons. The molecule has 8 rings (SSSR count). The second-order valence-corrected chi connectivity index (χ2v) is 13.1. The van der Waals surface area contributed by atoms with E-state index in [1.165, 1.54) is 33.4 Å². The Labute approximate surface area is 300 Å². The minimum absolute atomic E-state index is 0.468. The lowest BCUT2D eigenvalue weighted by atomic mass is 9.67. The van der Waals surface area contributed by atoms with Gasteiger partial charge in [-0.15, -0.1) is 0 Å². The lowest BCUT2D eigenvalue weighted by molar-refractivity contribution is 0.768. The Bertz CT molecular complexity index is 2360. The van der Waals surface area contributed by atoms with Gasteiger partial charge >= 0.3 is 0 Å². The van der Waals surface area contributed by atoms with E-state index in [4.69, 9.17) is 10.7 Å². The summed E-state index contributed by atoms with van der Waals surface area (Å²) in [5.74, 6) is 0. The zero-order chi connectivity index (χ0) is 34.8. The summed E-state index contributed by atoms with van der Waals surface area (Å²) >= 11 is 0. The number of aliphatic imine (C=N–C) groups is 1. The van der Waals surface area contributed by atoms with Gasteiger partial charge in [0.2, 0.25) is 0 Å². The second-order valence-electron chi connectivity index (χ2n) is 13.1. The van der Waals surface area contributed by atoms with E-state index in [2.05, 4.69) is 183 Å². The van der Waals surface area contributed by atoms with Crippen molar-refractivity contribution < 1.29 is 0 Å². The highest BCUT2D eigenvalue weighted by Crippen LogP contribution is 2.56. The number of hydrogen-bond acceptors (Lipinski definition) is 2. The van der Waals surface area contributed by atoms with Crippen molar-refractivity contribution in [2.75, 3.05) is 5.73 Å². The largest absolute Gasteiger partial charge is 0.399 e. The van der Waals surface area contributed by atoms with Crippen LogP contribution in [0, 0.1) is 0 Å². The van der Waals surface area contributed by atoms with Crippen molar-refractivity contribution in [1.29, 1.82) is 0 Å². The minimum atomic E-state index is -0.468. The fourth-order valence-corrected chi connectivity index (χ4v) is 7.51. The number of benzene rings is 7. The van der Waals surface area contributed by atoms with E-state index >= 15 is 0 Å². The summed E-state index contributed by atoms with van der Waals surface area (Å²) in [6, 6.07) is 64.3. The van der Waals surface area contributed by atoms with Gasteiger partial charge in [0.15, 0.2) is 0 Å². The SMILES string of the molecule is C=C(/C=C(\N=C(/C)c1ccc(-c2ccc(N)cc2)cc1)c1ccccc1)c1ccc2c(c1)C(c1ccccc1)(c1ccccc1)c1ccccc1-2. The molecule has 0 heterocycles. The summed E-state index contributed by atoms with van der Waals surface area (Å²) in [7, 11) is 0. The fourth-order valence-electron chi connectivity index (χ4n) is 7.51. The summed E-state index contributed by atoms with van der Waals surface area (Å²) < 4.78 is 0. The van der Waals surface area contributed by atoms with Crippen LogP contribution < -0.4 is 5.73 Å². The van der Waals surface area contributed by atoms with Crippen LogP contribution in [0.4, 0.5) is 5.69 Å². The molecule has 244 valence electrons. The van der Waals surface area contributed by atoms with Crippen molar-refractivity contribution >= 4 is 22.7 Å². The number of allylic oxidation sites excluding steroid dienone is 2. The molecule has 0 saturated heterocycles. The minimum Gasteiger partial charge on any atom is -0.399 e. The van der Waals surface area contributed by atoms with Crippen LogP contribution in [0.5, 0.6) is 0 Å². The van der Waals surface area contributed by atoms with Gasteiger partial charge in [-0.25, -0.2) is 0 Å². The summed E-state index contributed by atoms with van der Waals surface area (Å²) in [5, 5.41) is 0. The molecule has 1 aliphatic carbocycles. The Balaban J connectivity index is 1.22. The first-order valence-corrected chi connectivity index (χ1v) is 17.4. The number of hydrogen-bond donors (Lipinski definition) is 1. The van der Waals surface area contributed by atoms with E-state index in [9.17, 15) is 0 Å². The highest BCUT2D eigenvalue weighted by molar-refractivity contribution is 6.03. The molecule has 0 amide bonds. The quantitative estimate of drug-likeness (QED) is 0.0988. The smallest absolute Gasteiger partial charge is 0.0713 e. The standard InChI is InChI=1S/C49H38N2/c1-34(32-48(39-14-6-3-7-15-39)51-35(2)36-22-24-37(25-23-36)38-26-29-43(50)30-27-38)40-28-31-45-44-20-12-13-21-46(44)49(47(45)33-40,41-16-8-4-9-17-41)42-18-10-5-11-19-42/h3-33H,1,50H2,2H3/b48-32-,51-35+. The van der Waals surface area contributed by atoms with E-state index in [0.717, 1.165) is 50.5 Å². The first-order chi connectivity index (χ1) is 25.0. The molecule has 0 aliphatic heterocycles. The molecule has 51 heavy (non-hydrogen) atoms. The lowest BCUT2D eigenvalue weighted by Crippen LogP contribution is -2.28. The zero-order valence-electron chi connectivity index (χ0n) is 28.6. The molecule has 0 unspecified atom stereocenters. The Morgan fingerprint density at radius 2 is 1.04 bits per heavy atom. The predicted octanol–water partition coefficient (Wildman–Crippen LogP) is 11.9. The lowest BCUT2D eigenvalue weighted by Gasteiger charge is -2.34. The van der Waals surface area contributed by atoms with Gasteiger partial charge in [-0.3, -0.25) is 4.99 Å². The first-order valence-electron chi connectivity index (χ1n) is 17.4. The molecule has 0 spiro atoms. The van der Waals surface area contributed by atoms with Gasteiger partial charge in [0, 0.05) is 17.0 Å². The Kier molecular flexibility index (Phi) is 8.35. The normalized spacial score (nSPS) is 13.4. The van der Waals surface area contributed by atoms with Gasteiger partial charge in [-0.2, -0.15) is 0 Å². The number of nitrogens with two attached hydrogens (primary N) is 1. The van der Waals surface area contributed by atoms with E-state index in [1.54, 1.807) is 0 Å². The highest BCUT2D eigenvalue weighted by Gasteiger charge is 2.46. The first kappa shape index (κ1) is 31.7. The highest BCUT2D eigenvalue weighted by atomic mass is 14.8. The number of rotatable bonds is 8. The Morgan fingerprint density at radius 3 is 1.67 bits per heavy atom. The van der Waals surface area contributed by atoms with Crippen LogP contribution in [0.15, 0.2) is 200 Å². The topological polar surface area (TPSA) is 38.4 Å². The molecule has 2 heteroatoms. The van der Waals surface area contributed by atoms with Gasteiger partial charge < -0.3 is 5.73 Å². The molecule has 0 bridgehead atoms. The van der Waals surface area contributed by atoms with Crippen LogP contribution in [0.25, 0.3) is 33.5 Å². The molecule has 0 fully saturated rings. The van der Waals surface area contributed by atoms with Gasteiger partial charge in [0.05, 0.1) is 11.1 Å². The molecule has 7 aromatic rings. The third-order valence-corrected chi connectivity index (χ3v) is 10.0. The molecule has 1 aliphatic rings. The van der Waals surface area contributed by atoms with Crippen LogP contribution in [0.2, 0.25) is 0 Å². The van der Waals surface area contributed by atoms with Crippen molar-refractivity contribution in [3.63, 3.8) is 0 Å². The van der Waals surface area contributed by atoms with Crippen LogP contribution >= 0.6 is 0 Å². The van der Waals surface area contributed by atoms with Crippen molar-refractivity contribution in [3.8, 4) is 22.3 Å². The molecule has 7 aromatic carbocycles. The fraction of sp³-hybridized carbons (Fsp3) is 0.0408. The van der Waals surface area contributed by atoms with Crippen LogP contribution in [0.3, 0.4) is 0 Å². The molecule has 2 N–H and O–H groups in total. The molecule has 2 nitrogen and oxygen atoms in total. The average molecular weight is 655 g/mol. The zero-order valence-corrected chi connectivity index (χ0v) is 28.6. The summed E-state index contributed by atoms with van der Waals surface area (Å²) in [5.41, 5.74) is 21.9. The van der Waals surface area contributed by atoms with Crippen molar-refractivity contribution in [1.82, 2.24) is 0 Å². The van der Waals surface area contributed by atoms with E-state index in [1.807, 2.05) is 18.2 Å². The van der Waals surface area contributed by atoms with Gasteiger partial charge in [-0.1, -0.05) is 170 Å². The summed E-state index contributed by atoms with van der Waals surface area (Å²) in [6.07, 6.45) is 2.12. The summed E-state index contributed by atoms with van der Waals surface area (Å²) in [6.45, 7) is 6.70. The van der Waals surface area contributed by atoms with Gasteiger partial charge in [0.25, 0.3) is 0 Å². The van der Waals surface area contributed by atoms with Gasteiger partial charge in [-0.05, 0) is 92.4 Å². The molecular formula is C49H38N2. The van der Waals surface area contributed by atoms with E-state index in [-0.39, 0.29) is 0 Å². The maximum atomic E-state index is 5.91. The average Bonchev–Trinajstić information content (AvgIpc) is 3.49. The van der Waals surface area contributed by atoms with Crippen molar-refractivity contribution in [2.45, 2.75) is 12.3 Å². The number of nitrogen functional groups attached to an aromatic ring is 1. The Morgan fingerprint density at radius 1 is 0.529 bits per heavy atom. The van der Waals surface area contributed by atoms with Crippen molar-refractivity contribution in [3.05, 3.63) is 234 Å². The maximum Gasteiger partial charge on any atom is 0.0713 e. The molecule has 0 atom stereocenters. The number of anilines is 1. The number of nitrogens with zero attached hydrogens (tertiary/aromatic N) is 1. The third-order valence-electron chi connectivity index (χ3n) is 10.0. The second kappa shape index (κ2) is 13.4. The van der Waals surface area contributed by atoms with Crippen LogP contribution in [-0.4, -0.2) is 5.71 Å². The van der Waals surface area contributed by atoms with E-state index in [0.29, 0.717) is 0 Å². The predicted molar refractivity (Wildman–Crippen MR) is 216 cm³/mol. The van der Waals surface area contributed by atoms with E-state index < -0.39 is 5.41 Å². The van der Waals surface area contributed by atoms with Crippen molar-refractivity contribution in [2.24, 2.45) is 4.99 Å². The Hall–Kier alpha value is -6.51. The maximum absolute atomic E-state index is 5.91. The summed E-state index contributed by atoms with van der Waals surface area (Å²) in [4.78, 5) is 5.23. The number of fused-ring (bicyclic) bond motifs is 3. The van der Waals surface area contributed by atoms with Crippen LogP contribution in [0.1, 0.15) is 45.9 Å². The molecule has 0 saturated carbocycles. The molecule has 0 aromatic heterocycles. The monoisotopic (exact) mass is 654 g/mol. The molecular weight excluding hydrogens is 617 g/mol.